The van der Waals surface area contributed by atoms with Gasteiger partial charge in [0.25, 0.3) is 0 Å². The highest BCUT2D eigenvalue weighted by atomic mass is 32.2. The average Bonchev–Trinajstić information content (AvgIpc) is 2.09. The zero-order chi connectivity index (χ0) is 11.5. The number of rotatable bonds is 4. The lowest BCUT2D eigenvalue weighted by molar-refractivity contribution is 0.598. The van der Waals surface area contributed by atoms with Crippen LogP contribution in [0.2, 0.25) is 0 Å². The lowest BCUT2D eigenvalue weighted by Crippen LogP contribution is -2.23. The zero-order valence-corrected chi connectivity index (χ0v) is 9.50. The van der Waals surface area contributed by atoms with E-state index in [2.05, 4.69) is 15.3 Å². The van der Waals surface area contributed by atoms with Crippen LogP contribution in [-0.4, -0.2) is 30.7 Å². The maximum absolute atomic E-state index is 10.7. The van der Waals surface area contributed by atoms with Crippen molar-refractivity contribution >= 4 is 15.8 Å². The van der Waals surface area contributed by atoms with Crippen LogP contribution >= 0.6 is 0 Å². The molecule has 0 aliphatic carbocycles. The van der Waals surface area contributed by atoms with Crippen LogP contribution in [0.1, 0.15) is 11.4 Å². The monoisotopic (exact) mass is 230 g/mol. The van der Waals surface area contributed by atoms with E-state index in [1.165, 1.54) is 0 Å². The predicted octanol–water partition coefficient (Wildman–Crippen LogP) is -0.206. The first kappa shape index (κ1) is 11.9. The summed E-state index contributed by atoms with van der Waals surface area (Å²) >= 11 is 0. The number of hydrogen-bond donors (Lipinski definition) is 2. The van der Waals surface area contributed by atoms with Crippen LogP contribution in [0, 0.1) is 13.8 Å². The molecule has 0 unspecified atom stereocenters. The molecule has 0 saturated carbocycles. The van der Waals surface area contributed by atoms with Crippen LogP contribution < -0.4 is 10.5 Å². The topological polar surface area (TPSA) is 98.0 Å². The molecular weight excluding hydrogens is 216 g/mol. The highest BCUT2D eigenvalue weighted by Crippen LogP contribution is 2.07. The van der Waals surface area contributed by atoms with E-state index in [1.807, 2.05) is 6.92 Å². The minimum atomic E-state index is -3.43. The van der Waals surface area contributed by atoms with Gasteiger partial charge < -0.3 is 5.32 Å². The Hall–Kier alpha value is -1.21. The predicted molar refractivity (Wildman–Crippen MR) is 58.0 cm³/mol. The Balaban J connectivity index is 2.61. The number of sulfonamides is 1. The average molecular weight is 230 g/mol. The molecule has 0 atom stereocenters. The van der Waals surface area contributed by atoms with Crippen LogP contribution in [0.5, 0.6) is 0 Å². The fourth-order valence-electron chi connectivity index (χ4n) is 1.02. The molecule has 0 aliphatic rings. The number of hydrogen-bond acceptors (Lipinski definition) is 5. The Labute approximate surface area is 89.0 Å². The summed E-state index contributed by atoms with van der Waals surface area (Å²) in [7, 11) is -3.43. The van der Waals surface area contributed by atoms with E-state index < -0.39 is 10.0 Å². The number of aromatic nitrogens is 2. The van der Waals surface area contributed by atoms with E-state index in [0.29, 0.717) is 5.82 Å². The summed E-state index contributed by atoms with van der Waals surface area (Å²) in [5, 5.41) is 7.74. The molecular formula is C8H14N4O2S. The minimum absolute atomic E-state index is 0.123. The SMILES string of the molecule is Cc1cnc(C)c(NCCS(N)(=O)=O)n1. The highest BCUT2D eigenvalue weighted by molar-refractivity contribution is 7.89. The second-order valence-corrected chi connectivity index (χ2v) is 4.97. The van der Waals surface area contributed by atoms with Gasteiger partial charge in [0.1, 0.15) is 5.82 Å². The van der Waals surface area contributed by atoms with Crippen molar-refractivity contribution in [2.45, 2.75) is 13.8 Å². The number of anilines is 1. The summed E-state index contributed by atoms with van der Waals surface area (Å²) in [6.07, 6.45) is 1.65. The quantitative estimate of drug-likeness (QED) is 0.746. The summed E-state index contributed by atoms with van der Waals surface area (Å²) in [6.45, 7) is 3.85. The van der Waals surface area contributed by atoms with Gasteiger partial charge in [0.05, 0.1) is 17.1 Å². The normalized spacial score (nSPS) is 11.4. The van der Waals surface area contributed by atoms with Crippen LogP contribution in [0.25, 0.3) is 0 Å². The number of nitrogens with one attached hydrogen (secondary N) is 1. The molecule has 0 radical (unpaired) electrons. The molecule has 1 aromatic rings. The molecule has 0 saturated heterocycles. The fraction of sp³-hybridized carbons (Fsp3) is 0.500. The Bertz CT molecular complexity index is 444. The van der Waals surface area contributed by atoms with Crippen molar-refractivity contribution in [2.75, 3.05) is 17.6 Å². The first-order valence-corrected chi connectivity index (χ1v) is 6.14. The molecule has 1 aromatic heterocycles. The fourth-order valence-corrected chi connectivity index (χ4v) is 1.40. The van der Waals surface area contributed by atoms with Crippen molar-refractivity contribution in [3.63, 3.8) is 0 Å². The Kier molecular flexibility index (Phi) is 3.59. The van der Waals surface area contributed by atoms with Gasteiger partial charge in [-0.3, -0.25) is 4.98 Å². The molecule has 0 bridgehead atoms. The maximum Gasteiger partial charge on any atom is 0.210 e. The van der Waals surface area contributed by atoms with E-state index in [0.717, 1.165) is 11.4 Å². The number of nitrogens with zero attached hydrogens (tertiary/aromatic N) is 2. The third-order valence-corrected chi connectivity index (χ3v) is 2.53. The van der Waals surface area contributed by atoms with Gasteiger partial charge in [-0.05, 0) is 13.8 Å². The molecule has 3 N–H and O–H groups in total. The van der Waals surface area contributed by atoms with E-state index >= 15 is 0 Å². The van der Waals surface area contributed by atoms with E-state index in [4.69, 9.17) is 5.14 Å². The lowest BCUT2D eigenvalue weighted by atomic mass is 10.4. The van der Waals surface area contributed by atoms with Crippen molar-refractivity contribution in [2.24, 2.45) is 5.14 Å². The van der Waals surface area contributed by atoms with Crippen molar-refractivity contribution in [3.05, 3.63) is 17.6 Å². The van der Waals surface area contributed by atoms with Gasteiger partial charge in [-0.2, -0.15) is 0 Å². The molecule has 1 heterocycles. The lowest BCUT2D eigenvalue weighted by Gasteiger charge is -2.07. The molecule has 0 amide bonds. The van der Waals surface area contributed by atoms with Crippen molar-refractivity contribution < 1.29 is 8.42 Å². The van der Waals surface area contributed by atoms with Crippen molar-refractivity contribution in [3.8, 4) is 0 Å². The number of primary sulfonamides is 1. The van der Waals surface area contributed by atoms with Crippen LogP contribution in [-0.2, 0) is 10.0 Å². The molecule has 0 aromatic carbocycles. The van der Waals surface area contributed by atoms with Gasteiger partial charge in [-0.15, -0.1) is 0 Å². The summed E-state index contributed by atoms with van der Waals surface area (Å²) in [5.74, 6) is 0.473. The first-order chi connectivity index (χ1) is 6.88. The van der Waals surface area contributed by atoms with Gasteiger partial charge in [0.15, 0.2) is 0 Å². The molecule has 6 nitrogen and oxygen atoms in total. The second-order valence-electron chi connectivity index (χ2n) is 3.24. The molecule has 0 aliphatic heterocycles. The Morgan fingerprint density at radius 2 is 2.13 bits per heavy atom. The van der Waals surface area contributed by atoms with Gasteiger partial charge in [0, 0.05) is 12.7 Å². The Morgan fingerprint density at radius 1 is 1.47 bits per heavy atom. The molecule has 7 heteroatoms. The Morgan fingerprint density at radius 3 is 2.73 bits per heavy atom. The molecule has 0 fully saturated rings. The van der Waals surface area contributed by atoms with Gasteiger partial charge in [-0.25, -0.2) is 18.5 Å². The summed E-state index contributed by atoms with van der Waals surface area (Å²) in [6, 6.07) is 0. The van der Waals surface area contributed by atoms with Crippen molar-refractivity contribution in [1.29, 1.82) is 0 Å². The third-order valence-electron chi connectivity index (χ3n) is 1.75. The minimum Gasteiger partial charge on any atom is -0.367 e. The highest BCUT2D eigenvalue weighted by Gasteiger charge is 2.04. The second kappa shape index (κ2) is 4.54. The standard InChI is InChI=1S/C8H14N4O2S/c1-6-5-11-7(2)8(12-6)10-3-4-15(9,13)14/h5H,3-4H2,1-2H3,(H,10,12)(H2,9,13,14). The smallest absolute Gasteiger partial charge is 0.210 e. The summed E-state index contributed by atoms with van der Waals surface area (Å²) < 4.78 is 21.4. The molecule has 0 spiro atoms. The van der Waals surface area contributed by atoms with Crippen molar-refractivity contribution in [1.82, 2.24) is 9.97 Å². The van der Waals surface area contributed by atoms with E-state index in [9.17, 15) is 8.42 Å². The van der Waals surface area contributed by atoms with E-state index in [1.54, 1.807) is 13.1 Å². The van der Waals surface area contributed by atoms with Gasteiger partial charge in [0.2, 0.25) is 10.0 Å². The number of aryl methyl sites for hydroxylation is 2. The van der Waals surface area contributed by atoms with Crippen LogP contribution in [0.15, 0.2) is 6.20 Å². The zero-order valence-electron chi connectivity index (χ0n) is 8.69. The number of nitrogens with two attached hydrogens (primary N) is 1. The third kappa shape index (κ3) is 4.22. The summed E-state index contributed by atoms with van der Waals surface area (Å²) in [4.78, 5) is 8.27. The summed E-state index contributed by atoms with van der Waals surface area (Å²) in [5.41, 5.74) is 1.51. The van der Waals surface area contributed by atoms with Crippen LogP contribution in [0.3, 0.4) is 0 Å². The maximum atomic E-state index is 10.7. The van der Waals surface area contributed by atoms with Gasteiger partial charge >= 0.3 is 0 Å². The van der Waals surface area contributed by atoms with Crippen LogP contribution in [0.4, 0.5) is 5.82 Å². The van der Waals surface area contributed by atoms with E-state index in [-0.39, 0.29) is 12.3 Å². The molecule has 1 rings (SSSR count). The van der Waals surface area contributed by atoms with Gasteiger partial charge in [-0.1, -0.05) is 0 Å². The first-order valence-electron chi connectivity index (χ1n) is 4.43. The largest absolute Gasteiger partial charge is 0.367 e. The molecule has 84 valence electrons. The molecule has 15 heavy (non-hydrogen) atoms.